The van der Waals surface area contributed by atoms with Crippen molar-refractivity contribution in [1.29, 1.82) is 0 Å². The molecular weight excluding hydrogens is 274 g/mol. The monoisotopic (exact) mass is 297 g/mol. The number of likely N-dealkylation sites (tertiary alicyclic amines) is 1. The molecule has 3 heteroatoms. The first-order valence-electron chi connectivity index (χ1n) is 7.94. The zero-order chi connectivity index (χ0) is 15.2. The van der Waals surface area contributed by atoms with E-state index >= 15 is 0 Å². The summed E-state index contributed by atoms with van der Waals surface area (Å²) in [6, 6.07) is 17.7. The van der Waals surface area contributed by atoms with Gasteiger partial charge in [-0.25, -0.2) is 0 Å². The Morgan fingerprint density at radius 1 is 1.00 bits per heavy atom. The van der Waals surface area contributed by atoms with Crippen molar-refractivity contribution in [1.82, 2.24) is 4.90 Å². The normalized spacial score (nSPS) is 18.9. The second-order valence-electron chi connectivity index (χ2n) is 5.94. The average molecular weight is 297 g/mol. The highest BCUT2D eigenvalue weighted by atomic mass is 16.5. The largest absolute Gasteiger partial charge is 0.489 e. The molecule has 3 rings (SSSR count). The lowest BCUT2D eigenvalue weighted by Gasteiger charge is -2.29. The molecule has 1 unspecified atom stereocenters. The van der Waals surface area contributed by atoms with E-state index in [9.17, 15) is 0 Å². The maximum absolute atomic E-state index is 6.05. The Balaban J connectivity index is 1.63. The Morgan fingerprint density at radius 3 is 2.50 bits per heavy atom. The zero-order valence-electron chi connectivity index (χ0n) is 13.1. The predicted molar refractivity (Wildman–Crippen MR) is 88.7 cm³/mol. The van der Waals surface area contributed by atoms with Gasteiger partial charge in [-0.1, -0.05) is 30.3 Å². The van der Waals surface area contributed by atoms with Gasteiger partial charge in [0.2, 0.25) is 0 Å². The van der Waals surface area contributed by atoms with Gasteiger partial charge in [0.05, 0.1) is 6.61 Å². The summed E-state index contributed by atoms with van der Waals surface area (Å²) < 4.78 is 12.0. The molecule has 0 N–H and O–H groups in total. The molecule has 1 aliphatic rings. The van der Waals surface area contributed by atoms with Gasteiger partial charge in [0, 0.05) is 12.5 Å². The lowest BCUT2D eigenvalue weighted by Crippen LogP contribution is -2.34. The van der Waals surface area contributed by atoms with Crippen LogP contribution in [0.5, 0.6) is 17.2 Å². The minimum atomic E-state index is 0.600. The first-order chi connectivity index (χ1) is 10.8. The third kappa shape index (κ3) is 4.01. The predicted octanol–water partition coefficient (Wildman–Crippen LogP) is 4.20. The van der Waals surface area contributed by atoms with Crippen LogP contribution in [0.3, 0.4) is 0 Å². The molecule has 1 saturated heterocycles. The molecule has 0 aliphatic carbocycles. The molecule has 0 bridgehead atoms. The highest BCUT2D eigenvalue weighted by Crippen LogP contribution is 2.31. The van der Waals surface area contributed by atoms with Gasteiger partial charge >= 0.3 is 0 Å². The van der Waals surface area contributed by atoms with Crippen molar-refractivity contribution in [3.05, 3.63) is 54.6 Å². The smallest absolute Gasteiger partial charge is 0.169 e. The molecule has 0 amide bonds. The summed E-state index contributed by atoms with van der Waals surface area (Å²) in [6.07, 6.45) is 2.50. The van der Waals surface area contributed by atoms with Crippen molar-refractivity contribution in [2.24, 2.45) is 5.92 Å². The van der Waals surface area contributed by atoms with E-state index in [0.717, 1.165) is 30.4 Å². The van der Waals surface area contributed by atoms with Gasteiger partial charge in [-0.3, -0.25) is 0 Å². The second-order valence-corrected chi connectivity index (χ2v) is 5.94. The lowest BCUT2D eigenvalue weighted by molar-refractivity contribution is 0.148. The van der Waals surface area contributed by atoms with Crippen LogP contribution >= 0.6 is 0 Å². The SMILES string of the molecule is CN1CCCC(COc2ccccc2Oc2ccccc2)C1. The molecule has 1 fully saturated rings. The summed E-state index contributed by atoms with van der Waals surface area (Å²) >= 11 is 0. The molecule has 1 aliphatic heterocycles. The van der Waals surface area contributed by atoms with Crippen molar-refractivity contribution < 1.29 is 9.47 Å². The summed E-state index contributed by atoms with van der Waals surface area (Å²) in [6.45, 7) is 3.06. The fourth-order valence-electron chi connectivity index (χ4n) is 2.89. The number of rotatable bonds is 5. The highest BCUT2D eigenvalue weighted by Gasteiger charge is 2.18. The molecule has 116 valence electrons. The van der Waals surface area contributed by atoms with Gasteiger partial charge in [-0.15, -0.1) is 0 Å². The van der Waals surface area contributed by atoms with Crippen LogP contribution in [0, 0.1) is 5.92 Å². The van der Waals surface area contributed by atoms with Crippen LogP contribution in [-0.2, 0) is 0 Å². The van der Waals surface area contributed by atoms with E-state index in [1.807, 2.05) is 54.6 Å². The van der Waals surface area contributed by atoms with Crippen LogP contribution < -0.4 is 9.47 Å². The van der Waals surface area contributed by atoms with Gasteiger partial charge in [0.25, 0.3) is 0 Å². The Bertz CT molecular complexity index is 585. The fraction of sp³-hybridized carbons (Fsp3) is 0.368. The van der Waals surface area contributed by atoms with Crippen LogP contribution in [0.25, 0.3) is 0 Å². The van der Waals surface area contributed by atoms with E-state index in [2.05, 4.69) is 11.9 Å². The molecule has 2 aromatic carbocycles. The number of benzene rings is 2. The number of hydrogen-bond acceptors (Lipinski definition) is 3. The number of ether oxygens (including phenoxy) is 2. The molecular formula is C19H23NO2. The van der Waals surface area contributed by atoms with Crippen molar-refractivity contribution in [2.75, 3.05) is 26.7 Å². The molecule has 2 aromatic rings. The van der Waals surface area contributed by atoms with Crippen LogP contribution in [0.15, 0.2) is 54.6 Å². The molecule has 0 radical (unpaired) electrons. The first kappa shape index (κ1) is 14.9. The summed E-state index contributed by atoms with van der Waals surface area (Å²) in [5.74, 6) is 3.02. The fourth-order valence-corrected chi connectivity index (χ4v) is 2.89. The average Bonchev–Trinajstić information content (AvgIpc) is 2.55. The molecule has 3 nitrogen and oxygen atoms in total. The minimum absolute atomic E-state index is 0.600. The lowest BCUT2D eigenvalue weighted by atomic mass is 10.00. The van der Waals surface area contributed by atoms with Gasteiger partial charge in [-0.05, 0) is 50.7 Å². The Morgan fingerprint density at radius 2 is 1.73 bits per heavy atom. The first-order valence-corrected chi connectivity index (χ1v) is 7.94. The van der Waals surface area contributed by atoms with Gasteiger partial charge < -0.3 is 14.4 Å². The van der Waals surface area contributed by atoms with Gasteiger partial charge in [0.1, 0.15) is 5.75 Å². The highest BCUT2D eigenvalue weighted by molar-refractivity contribution is 5.42. The van der Waals surface area contributed by atoms with Gasteiger partial charge in [0.15, 0.2) is 11.5 Å². The maximum Gasteiger partial charge on any atom is 0.169 e. The van der Waals surface area contributed by atoms with Crippen LogP contribution in [0.4, 0.5) is 0 Å². The Hall–Kier alpha value is -2.00. The maximum atomic E-state index is 6.05. The molecule has 0 saturated carbocycles. The van der Waals surface area contributed by atoms with E-state index in [0.29, 0.717) is 5.92 Å². The number of hydrogen-bond donors (Lipinski definition) is 0. The van der Waals surface area contributed by atoms with Crippen molar-refractivity contribution >= 4 is 0 Å². The third-order valence-corrected chi connectivity index (χ3v) is 4.02. The second kappa shape index (κ2) is 7.32. The standard InChI is InChI=1S/C19H23NO2/c1-20-13-7-8-16(14-20)15-21-18-11-5-6-12-19(18)22-17-9-3-2-4-10-17/h2-6,9-12,16H,7-8,13-15H2,1H3. The van der Waals surface area contributed by atoms with Crippen LogP contribution in [-0.4, -0.2) is 31.6 Å². The van der Waals surface area contributed by atoms with Gasteiger partial charge in [-0.2, -0.15) is 0 Å². The number of piperidine rings is 1. The molecule has 1 heterocycles. The summed E-state index contributed by atoms with van der Waals surface area (Å²) in [5, 5.41) is 0. The summed E-state index contributed by atoms with van der Waals surface area (Å²) in [5.41, 5.74) is 0. The zero-order valence-corrected chi connectivity index (χ0v) is 13.1. The quantitative estimate of drug-likeness (QED) is 0.825. The van der Waals surface area contributed by atoms with Crippen molar-refractivity contribution in [3.8, 4) is 17.2 Å². The van der Waals surface area contributed by atoms with Crippen molar-refractivity contribution in [2.45, 2.75) is 12.8 Å². The van der Waals surface area contributed by atoms with Crippen LogP contribution in [0.1, 0.15) is 12.8 Å². The molecule has 0 aromatic heterocycles. The van der Waals surface area contributed by atoms with E-state index in [1.165, 1.54) is 19.4 Å². The Labute approximate surface area is 132 Å². The number of nitrogens with zero attached hydrogens (tertiary/aromatic N) is 1. The number of para-hydroxylation sites is 3. The minimum Gasteiger partial charge on any atom is -0.489 e. The van der Waals surface area contributed by atoms with E-state index in [4.69, 9.17) is 9.47 Å². The Kier molecular flexibility index (Phi) is 4.96. The van der Waals surface area contributed by atoms with E-state index < -0.39 is 0 Å². The van der Waals surface area contributed by atoms with Crippen LogP contribution in [0.2, 0.25) is 0 Å². The molecule has 1 atom stereocenters. The molecule has 22 heavy (non-hydrogen) atoms. The summed E-state index contributed by atoms with van der Waals surface area (Å²) in [7, 11) is 2.18. The summed E-state index contributed by atoms with van der Waals surface area (Å²) in [4.78, 5) is 2.38. The topological polar surface area (TPSA) is 21.7 Å². The van der Waals surface area contributed by atoms with E-state index in [-0.39, 0.29) is 0 Å². The van der Waals surface area contributed by atoms with E-state index in [1.54, 1.807) is 0 Å². The third-order valence-electron chi connectivity index (χ3n) is 4.02. The van der Waals surface area contributed by atoms with Crippen molar-refractivity contribution in [3.63, 3.8) is 0 Å². The molecule has 0 spiro atoms.